The third kappa shape index (κ3) is 4.73. The van der Waals surface area contributed by atoms with Gasteiger partial charge in [-0.2, -0.15) is 0 Å². The maximum absolute atomic E-state index is 13.1. The highest BCUT2D eigenvalue weighted by Crippen LogP contribution is 2.36. The molecule has 0 saturated carbocycles. The van der Waals surface area contributed by atoms with Crippen LogP contribution in [0.5, 0.6) is 0 Å². The Morgan fingerprint density at radius 2 is 1.76 bits per heavy atom. The van der Waals surface area contributed by atoms with Crippen molar-refractivity contribution in [2.75, 3.05) is 30.3 Å². The van der Waals surface area contributed by atoms with Crippen molar-refractivity contribution in [3.63, 3.8) is 0 Å². The molecule has 0 aliphatic carbocycles. The molecule has 1 fully saturated rings. The predicted molar refractivity (Wildman–Crippen MR) is 139 cm³/mol. The first-order chi connectivity index (χ1) is 16.1. The first-order valence-electron chi connectivity index (χ1n) is 11.6. The molecule has 178 valence electrons. The van der Waals surface area contributed by atoms with Crippen molar-refractivity contribution in [2.45, 2.75) is 40.7 Å². The monoisotopic (exact) mass is 477 g/mol. The quantitative estimate of drug-likeness (QED) is 0.544. The second kappa shape index (κ2) is 9.26. The Labute approximate surface area is 206 Å². The summed E-state index contributed by atoms with van der Waals surface area (Å²) in [5, 5.41) is 0.724. The van der Waals surface area contributed by atoms with Crippen LogP contribution in [0.2, 0.25) is 5.02 Å². The number of rotatable bonds is 3. The van der Waals surface area contributed by atoms with E-state index in [1.165, 1.54) is 6.33 Å². The summed E-state index contributed by atoms with van der Waals surface area (Å²) in [5.41, 5.74) is 11.8. The summed E-state index contributed by atoms with van der Waals surface area (Å²) < 4.78 is 0. The Hall–Kier alpha value is -3.12. The molecule has 3 aromatic rings. The highest BCUT2D eigenvalue weighted by atomic mass is 35.5. The number of piperazine rings is 1. The third-order valence-electron chi connectivity index (χ3n) is 6.43. The average molecular weight is 478 g/mol. The zero-order valence-electron chi connectivity index (χ0n) is 20.5. The Morgan fingerprint density at radius 1 is 1.06 bits per heavy atom. The van der Waals surface area contributed by atoms with Crippen LogP contribution >= 0.6 is 11.6 Å². The molecule has 0 radical (unpaired) electrons. The lowest BCUT2D eigenvalue weighted by Crippen LogP contribution is -2.53. The maximum atomic E-state index is 13.1. The molecule has 34 heavy (non-hydrogen) atoms. The standard InChI is InChI=1S/C27H32ClN5O/c1-17-14-21(28)10-11-22(17)33-13-12-32(26(34)27(3,4)5)15-23(33)19-6-8-20(9-7-19)24-18(2)30-16-31-25(24)29/h6-11,14,16,23H,12-13,15H2,1-5H3,(H2,29,30,31)/t23-/m0/s1. The summed E-state index contributed by atoms with van der Waals surface area (Å²) in [7, 11) is 0. The Bertz CT molecular complexity index is 1180. The molecule has 0 bridgehead atoms. The van der Waals surface area contributed by atoms with Crippen LogP contribution in [0, 0.1) is 19.3 Å². The van der Waals surface area contributed by atoms with Crippen molar-refractivity contribution in [2.24, 2.45) is 5.41 Å². The number of carbonyl (C=O) groups is 1. The van der Waals surface area contributed by atoms with Gasteiger partial charge in [-0.3, -0.25) is 4.79 Å². The minimum Gasteiger partial charge on any atom is -0.383 e. The molecule has 1 amide bonds. The van der Waals surface area contributed by atoms with Crippen molar-refractivity contribution in [3.05, 3.63) is 70.6 Å². The van der Waals surface area contributed by atoms with Gasteiger partial charge in [0.15, 0.2) is 0 Å². The number of nitrogens with zero attached hydrogens (tertiary/aromatic N) is 4. The molecule has 1 atom stereocenters. The lowest BCUT2D eigenvalue weighted by atomic mass is 9.92. The zero-order chi connectivity index (χ0) is 24.6. The molecule has 2 aromatic carbocycles. The van der Waals surface area contributed by atoms with E-state index in [0.717, 1.165) is 45.2 Å². The smallest absolute Gasteiger partial charge is 0.228 e. The van der Waals surface area contributed by atoms with Crippen LogP contribution in [0.25, 0.3) is 11.1 Å². The van der Waals surface area contributed by atoms with E-state index < -0.39 is 5.41 Å². The van der Waals surface area contributed by atoms with Crippen LogP contribution in [0.3, 0.4) is 0 Å². The van der Waals surface area contributed by atoms with Gasteiger partial charge in [-0.1, -0.05) is 56.6 Å². The second-order valence-electron chi connectivity index (χ2n) is 9.98. The topological polar surface area (TPSA) is 75.3 Å². The number of aromatic nitrogens is 2. The van der Waals surface area contributed by atoms with Gasteiger partial charge in [0.1, 0.15) is 12.1 Å². The molecule has 1 aliphatic rings. The van der Waals surface area contributed by atoms with Crippen LogP contribution in [-0.4, -0.2) is 40.4 Å². The third-order valence-corrected chi connectivity index (χ3v) is 6.66. The number of benzene rings is 2. The molecule has 7 heteroatoms. The molecular weight excluding hydrogens is 446 g/mol. The lowest BCUT2D eigenvalue weighted by molar-refractivity contribution is -0.140. The molecule has 1 aromatic heterocycles. The normalized spacial score (nSPS) is 16.6. The van der Waals surface area contributed by atoms with Crippen molar-refractivity contribution >= 4 is 29.0 Å². The van der Waals surface area contributed by atoms with Gasteiger partial charge in [-0.05, 0) is 48.7 Å². The summed E-state index contributed by atoms with van der Waals surface area (Å²) in [6.07, 6.45) is 1.48. The number of carbonyl (C=O) groups excluding carboxylic acids is 1. The van der Waals surface area contributed by atoms with Gasteiger partial charge in [-0.15, -0.1) is 0 Å². The molecule has 0 unspecified atom stereocenters. The fourth-order valence-electron chi connectivity index (χ4n) is 4.68. The zero-order valence-corrected chi connectivity index (χ0v) is 21.2. The number of nitrogens with two attached hydrogens (primary N) is 1. The lowest BCUT2D eigenvalue weighted by Gasteiger charge is -2.45. The number of nitrogen functional groups attached to an aromatic ring is 1. The molecular formula is C27H32ClN5O. The van der Waals surface area contributed by atoms with Crippen LogP contribution in [-0.2, 0) is 4.79 Å². The molecule has 2 heterocycles. The van der Waals surface area contributed by atoms with Gasteiger partial charge in [0, 0.05) is 41.3 Å². The SMILES string of the molecule is Cc1cc(Cl)ccc1N1CCN(C(=O)C(C)(C)C)C[C@H]1c1ccc(-c2c(C)ncnc2N)cc1. The van der Waals surface area contributed by atoms with Gasteiger partial charge in [-0.25, -0.2) is 9.97 Å². The summed E-state index contributed by atoms with van der Waals surface area (Å²) in [5.74, 6) is 0.643. The molecule has 2 N–H and O–H groups in total. The molecule has 0 spiro atoms. The van der Waals surface area contributed by atoms with Gasteiger partial charge in [0.2, 0.25) is 5.91 Å². The number of hydrogen-bond acceptors (Lipinski definition) is 5. The minimum atomic E-state index is -0.421. The number of hydrogen-bond donors (Lipinski definition) is 1. The van der Waals surface area contributed by atoms with E-state index in [1.807, 2.05) is 44.7 Å². The Morgan fingerprint density at radius 3 is 2.38 bits per heavy atom. The van der Waals surface area contributed by atoms with Gasteiger partial charge < -0.3 is 15.5 Å². The number of aryl methyl sites for hydroxylation is 2. The number of anilines is 2. The fourth-order valence-corrected chi connectivity index (χ4v) is 4.90. The van der Waals surface area contributed by atoms with Crippen molar-refractivity contribution in [1.82, 2.24) is 14.9 Å². The fraction of sp³-hybridized carbons (Fsp3) is 0.370. The molecule has 6 nitrogen and oxygen atoms in total. The predicted octanol–water partition coefficient (Wildman–Crippen LogP) is 5.43. The Balaban J connectivity index is 1.72. The van der Waals surface area contributed by atoms with Crippen molar-refractivity contribution in [1.29, 1.82) is 0 Å². The van der Waals surface area contributed by atoms with E-state index in [9.17, 15) is 4.79 Å². The highest BCUT2D eigenvalue weighted by molar-refractivity contribution is 6.30. The summed E-state index contributed by atoms with van der Waals surface area (Å²) in [4.78, 5) is 26.0. The number of halogens is 1. The van der Waals surface area contributed by atoms with Gasteiger partial charge in [0.05, 0.1) is 11.7 Å². The van der Waals surface area contributed by atoms with E-state index in [1.54, 1.807) is 0 Å². The first kappa shape index (κ1) is 24.0. The van der Waals surface area contributed by atoms with Gasteiger partial charge in [0.25, 0.3) is 0 Å². The van der Waals surface area contributed by atoms with E-state index >= 15 is 0 Å². The highest BCUT2D eigenvalue weighted by Gasteiger charge is 2.35. The summed E-state index contributed by atoms with van der Waals surface area (Å²) >= 11 is 6.23. The Kier molecular flexibility index (Phi) is 6.54. The van der Waals surface area contributed by atoms with Crippen LogP contribution in [0.15, 0.2) is 48.8 Å². The maximum Gasteiger partial charge on any atom is 0.228 e. The summed E-state index contributed by atoms with van der Waals surface area (Å²) in [6, 6.07) is 14.4. The second-order valence-corrected chi connectivity index (χ2v) is 10.4. The number of amides is 1. The molecule has 1 aliphatic heterocycles. The van der Waals surface area contributed by atoms with Gasteiger partial charge >= 0.3 is 0 Å². The van der Waals surface area contributed by atoms with Crippen LogP contribution in [0.4, 0.5) is 11.5 Å². The summed E-state index contributed by atoms with van der Waals surface area (Å²) in [6.45, 7) is 12.0. The van der Waals surface area contributed by atoms with E-state index in [2.05, 4.69) is 52.1 Å². The van der Waals surface area contributed by atoms with Crippen LogP contribution in [0.1, 0.15) is 43.6 Å². The average Bonchev–Trinajstić information content (AvgIpc) is 2.78. The van der Waals surface area contributed by atoms with E-state index in [4.69, 9.17) is 17.3 Å². The molecule has 4 rings (SSSR count). The first-order valence-corrected chi connectivity index (χ1v) is 11.9. The van der Waals surface area contributed by atoms with E-state index in [-0.39, 0.29) is 11.9 Å². The van der Waals surface area contributed by atoms with Crippen molar-refractivity contribution < 1.29 is 4.79 Å². The minimum absolute atomic E-state index is 0.0134. The van der Waals surface area contributed by atoms with Crippen LogP contribution < -0.4 is 10.6 Å². The van der Waals surface area contributed by atoms with Crippen molar-refractivity contribution in [3.8, 4) is 11.1 Å². The largest absolute Gasteiger partial charge is 0.383 e. The molecule has 1 saturated heterocycles. The van der Waals surface area contributed by atoms with E-state index in [0.29, 0.717) is 18.9 Å².